The Morgan fingerprint density at radius 2 is 2.00 bits per heavy atom. The molecule has 4 rings (SSSR count). The summed E-state index contributed by atoms with van der Waals surface area (Å²) in [5, 5.41) is 5.53. The zero-order valence-electron chi connectivity index (χ0n) is 16.6. The first-order valence-electron chi connectivity index (χ1n) is 9.77. The van der Waals surface area contributed by atoms with Gasteiger partial charge in [-0.2, -0.15) is 9.78 Å². The van der Waals surface area contributed by atoms with Gasteiger partial charge in [-0.15, -0.1) is 0 Å². The van der Waals surface area contributed by atoms with E-state index in [9.17, 15) is 4.79 Å². The number of aromatic nitrogens is 2. The molecule has 0 saturated heterocycles. The van der Waals surface area contributed by atoms with Crippen LogP contribution < -0.4 is 5.56 Å². The Labute approximate surface area is 201 Å². The fraction of sp³-hybridized carbons (Fsp3) is 0.174. The second kappa shape index (κ2) is 9.51. The molecule has 0 aliphatic heterocycles. The number of unbranched alkanes of at least 4 members (excludes halogenated alkanes) is 1. The average Bonchev–Trinajstić information content (AvgIpc) is 3.23. The van der Waals surface area contributed by atoms with Gasteiger partial charge < -0.3 is 4.42 Å². The van der Waals surface area contributed by atoms with Crippen molar-refractivity contribution in [1.82, 2.24) is 9.66 Å². The monoisotopic (exact) mass is 561 g/mol. The van der Waals surface area contributed by atoms with E-state index in [1.165, 1.54) is 10.9 Å². The SMILES string of the molecule is CCCCc1nc2ccc(Br)cc2c(=O)n1N=Cc1ccc(-c2ccc(Br)c(Cl)c2)o1. The number of nitrogens with zero attached hydrogens (tertiary/aromatic N) is 3. The molecule has 0 N–H and O–H groups in total. The van der Waals surface area contributed by atoms with Crippen molar-refractivity contribution in [2.75, 3.05) is 0 Å². The fourth-order valence-electron chi connectivity index (χ4n) is 3.15. The lowest BCUT2D eigenvalue weighted by Gasteiger charge is -2.09. The Balaban J connectivity index is 1.72. The van der Waals surface area contributed by atoms with Crippen molar-refractivity contribution < 1.29 is 4.42 Å². The van der Waals surface area contributed by atoms with E-state index in [1.807, 2.05) is 36.4 Å². The Morgan fingerprint density at radius 3 is 2.77 bits per heavy atom. The number of hydrogen-bond donors (Lipinski definition) is 0. The lowest BCUT2D eigenvalue weighted by atomic mass is 10.2. The van der Waals surface area contributed by atoms with Gasteiger partial charge in [-0.05, 0) is 64.8 Å². The Bertz CT molecular complexity index is 1340. The quantitative estimate of drug-likeness (QED) is 0.236. The third kappa shape index (κ3) is 4.84. The van der Waals surface area contributed by atoms with Crippen LogP contribution >= 0.6 is 43.5 Å². The van der Waals surface area contributed by atoms with Crippen molar-refractivity contribution in [3.05, 3.63) is 84.4 Å². The second-order valence-corrected chi connectivity index (χ2v) is 9.16. The van der Waals surface area contributed by atoms with Crippen molar-refractivity contribution in [1.29, 1.82) is 0 Å². The molecule has 2 aromatic carbocycles. The molecule has 0 aliphatic rings. The molecule has 0 aliphatic carbocycles. The highest BCUT2D eigenvalue weighted by atomic mass is 79.9. The van der Waals surface area contributed by atoms with E-state index in [0.717, 1.165) is 27.4 Å². The molecule has 0 bridgehead atoms. The molecule has 0 fully saturated rings. The summed E-state index contributed by atoms with van der Waals surface area (Å²) in [5.41, 5.74) is 1.31. The zero-order valence-corrected chi connectivity index (χ0v) is 20.5. The molecule has 2 aromatic heterocycles. The van der Waals surface area contributed by atoms with Crippen molar-refractivity contribution in [2.24, 2.45) is 5.10 Å². The molecule has 0 radical (unpaired) electrons. The lowest BCUT2D eigenvalue weighted by molar-refractivity contribution is 0.573. The molecular formula is C23H18Br2ClN3O2. The fourth-order valence-corrected chi connectivity index (χ4v) is 3.94. The number of fused-ring (bicyclic) bond motifs is 1. The average molecular weight is 564 g/mol. The highest BCUT2D eigenvalue weighted by molar-refractivity contribution is 9.10. The molecular weight excluding hydrogens is 546 g/mol. The molecule has 4 aromatic rings. The molecule has 0 saturated carbocycles. The third-order valence-electron chi connectivity index (χ3n) is 4.76. The Morgan fingerprint density at radius 1 is 1.16 bits per heavy atom. The molecule has 158 valence electrons. The minimum Gasteiger partial charge on any atom is -0.455 e. The molecule has 0 unspecified atom stereocenters. The number of hydrogen-bond acceptors (Lipinski definition) is 4. The first-order chi connectivity index (χ1) is 15.0. The maximum Gasteiger partial charge on any atom is 0.282 e. The van der Waals surface area contributed by atoms with E-state index in [-0.39, 0.29) is 5.56 Å². The standard InChI is InChI=1S/C23H18Br2ClN3O2/c1-2-3-4-22-28-20-9-6-15(24)12-17(20)23(30)29(22)27-13-16-7-10-21(31-16)14-5-8-18(25)19(26)11-14/h5-13H,2-4H2,1H3. The first kappa shape index (κ1) is 22.0. The van der Waals surface area contributed by atoms with Crippen LogP contribution in [0.5, 0.6) is 0 Å². The summed E-state index contributed by atoms with van der Waals surface area (Å²) >= 11 is 13.0. The van der Waals surface area contributed by atoms with Gasteiger partial charge in [0.2, 0.25) is 0 Å². The summed E-state index contributed by atoms with van der Waals surface area (Å²) in [6, 6.07) is 14.7. The van der Waals surface area contributed by atoms with Crippen molar-refractivity contribution in [3.8, 4) is 11.3 Å². The predicted octanol–water partition coefficient (Wildman–Crippen LogP) is 7.06. The van der Waals surface area contributed by atoms with E-state index in [1.54, 1.807) is 12.1 Å². The normalized spacial score (nSPS) is 11.6. The summed E-state index contributed by atoms with van der Waals surface area (Å²) in [7, 11) is 0. The van der Waals surface area contributed by atoms with Crippen molar-refractivity contribution in [3.63, 3.8) is 0 Å². The predicted molar refractivity (Wildman–Crippen MR) is 132 cm³/mol. The number of benzene rings is 2. The van der Waals surface area contributed by atoms with Gasteiger partial charge in [0.1, 0.15) is 17.3 Å². The van der Waals surface area contributed by atoms with Gasteiger partial charge in [0.25, 0.3) is 5.56 Å². The van der Waals surface area contributed by atoms with Crippen LogP contribution in [-0.2, 0) is 6.42 Å². The van der Waals surface area contributed by atoms with Crippen LogP contribution in [0.25, 0.3) is 22.2 Å². The molecule has 31 heavy (non-hydrogen) atoms. The highest BCUT2D eigenvalue weighted by Crippen LogP contribution is 2.29. The molecule has 5 nitrogen and oxygen atoms in total. The lowest BCUT2D eigenvalue weighted by Crippen LogP contribution is -2.22. The smallest absolute Gasteiger partial charge is 0.282 e. The maximum absolute atomic E-state index is 13.1. The van der Waals surface area contributed by atoms with Gasteiger partial charge in [0.15, 0.2) is 0 Å². The van der Waals surface area contributed by atoms with Gasteiger partial charge in [-0.3, -0.25) is 4.79 Å². The Kier molecular flexibility index (Phi) is 6.74. The van der Waals surface area contributed by atoms with Crippen LogP contribution in [-0.4, -0.2) is 15.9 Å². The topological polar surface area (TPSA) is 60.4 Å². The molecule has 2 heterocycles. The number of furan rings is 1. The van der Waals surface area contributed by atoms with Crippen LogP contribution in [0.3, 0.4) is 0 Å². The van der Waals surface area contributed by atoms with Crippen molar-refractivity contribution >= 4 is 60.6 Å². The zero-order chi connectivity index (χ0) is 22.0. The van der Waals surface area contributed by atoms with Gasteiger partial charge in [-0.1, -0.05) is 46.9 Å². The number of rotatable bonds is 6. The minimum absolute atomic E-state index is 0.208. The van der Waals surface area contributed by atoms with Gasteiger partial charge in [0, 0.05) is 20.9 Å². The second-order valence-electron chi connectivity index (χ2n) is 6.99. The summed E-state index contributed by atoms with van der Waals surface area (Å²) in [6.07, 6.45) is 4.11. The summed E-state index contributed by atoms with van der Waals surface area (Å²) in [5.74, 6) is 1.82. The van der Waals surface area contributed by atoms with Crippen LogP contribution in [0, 0.1) is 0 Å². The van der Waals surface area contributed by atoms with E-state index < -0.39 is 0 Å². The molecule has 0 atom stereocenters. The molecule has 0 spiro atoms. The maximum atomic E-state index is 13.1. The highest BCUT2D eigenvalue weighted by Gasteiger charge is 2.11. The van der Waals surface area contributed by atoms with E-state index in [0.29, 0.717) is 39.7 Å². The third-order valence-corrected chi connectivity index (χ3v) is 6.49. The first-order valence-corrected chi connectivity index (χ1v) is 11.7. The van der Waals surface area contributed by atoms with Gasteiger partial charge in [0.05, 0.1) is 22.1 Å². The minimum atomic E-state index is -0.208. The van der Waals surface area contributed by atoms with Crippen LogP contribution in [0.1, 0.15) is 31.4 Å². The largest absolute Gasteiger partial charge is 0.455 e. The van der Waals surface area contributed by atoms with Crippen LogP contribution in [0.4, 0.5) is 0 Å². The van der Waals surface area contributed by atoms with Gasteiger partial charge in [-0.25, -0.2) is 4.98 Å². The summed E-state index contributed by atoms with van der Waals surface area (Å²) < 4.78 is 8.89. The van der Waals surface area contributed by atoms with Crippen LogP contribution in [0.2, 0.25) is 5.02 Å². The Hall–Kier alpha value is -2.22. The van der Waals surface area contributed by atoms with E-state index in [2.05, 4.69) is 48.9 Å². The van der Waals surface area contributed by atoms with E-state index >= 15 is 0 Å². The number of halogens is 3. The van der Waals surface area contributed by atoms with Crippen molar-refractivity contribution in [2.45, 2.75) is 26.2 Å². The van der Waals surface area contributed by atoms with Gasteiger partial charge >= 0.3 is 0 Å². The van der Waals surface area contributed by atoms with Crippen LogP contribution in [0.15, 0.2) is 71.8 Å². The number of aryl methyl sites for hydroxylation is 1. The summed E-state index contributed by atoms with van der Waals surface area (Å²) in [6.45, 7) is 2.10. The van der Waals surface area contributed by atoms with E-state index in [4.69, 9.17) is 16.0 Å². The molecule has 0 amide bonds. The molecule has 8 heteroatoms. The summed E-state index contributed by atoms with van der Waals surface area (Å²) in [4.78, 5) is 17.8.